The number of carbonyl (C=O) groups excluding carboxylic acids is 1. The predicted molar refractivity (Wildman–Crippen MR) is 102 cm³/mol. The van der Waals surface area contributed by atoms with Gasteiger partial charge in [-0.25, -0.2) is 18.6 Å². The molecule has 2 N–H and O–H groups in total. The Hall–Kier alpha value is -0.960. The van der Waals surface area contributed by atoms with Gasteiger partial charge in [-0.15, -0.1) is 0 Å². The molecule has 150 valence electrons. The molecular formula is C18H33N3O4S. The molecule has 4 atom stereocenters. The predicted octanol–water partition coefficient (Wildman–Crippen LogP) is 1.78. The van der Waals surface area contributed by atoms with Crippen LogP contribution in [0.25, 0.3) is 0 Å². The summed E-state index contributed by atoms with van der Waals surface area (Å²) in [5, 5.41) is 0. The Morgan fingerprint density at radius 3 is 2.73 bits per heavy atom. The summed E-state index contributed by atoms with van der Waals surface area (Å²) in [6.45, 7) is 6.39. The summed E-state index contributed by atoms with van der Waals surface area (Å²) in [4.78, 5) is 19.4. The van der Waals surface area contributed by atoms with Crippen molar-refractivity contribution in [3.8, 4) is 0 Å². The fourth-order valence-corrected chi connectivity index (χ4v) is 4.98. The second-order valence-corrected chi connectivity index (χ2v) is 9.03. The summed E-state index contributed by atoms with van der Waals surface area (Å²) < 4.78 is 26.6. The number of amides is 1. The first-order chi connectivity index (χ1) is 12.4. The van der Waals surface area contributed by atoms with E-state index in [1.165, 1.54) is 5.57 Å². The van der Waals surface area contributed by atoms with Crippen LogP contribution in [0.5, 0.6) is 0 Å². The van der Waals surface area contributed by atoms with Crippen LogP contribution in [0.3, 0.4) is 0 Å². The molecule has 8 heteroatoms. The minimum atomic E-state index is -3.18. The third-order valence-corrected chi connectivity index (χ3v) is 6.82. The topological polar surface area (TPSA) is 87.7 Å². The van der Waals surface area contributed by atoms with Crippen LogP contribution in [0.2, 0.25) is 0 Å². The maximum absolute atomic E-state index is 12.3. The van der Waals surface area contributed by atoms with Gasteiger partial charge in [0.15, 0.2) is 6.10 Å². The van der Waals surface area contributed by atoms with Crippen LogP contribution in [0.4, 0.5) is 0 Å². The number of rotatable bonds is 4. The van der Waals surface area contributed by atoms with E-state index in [1.807, 2.05) is 20.0 Å². The average Bonchev–Trinajstić information content (AvgIpc) is 2.66. The second-order valence-electron chi connectivity index (χ2n) is 6.99. The highest BCUT2D eigenvalue weighted by Crippen LogP contribution is 2.40. The van der Waals surface area contributed by atoms with Gasteiger partial charge in [0.1, 0.15) is 0 Å². The highest BCUT2D eigenvalue weighted by Gasteiger charge is 2.43. The quantitative estimate of drug-likeness (QED) is 0.768. The number of carbonyl (C=O) groups is 1. The highest BCUT2D eigenvalue weighted by atomic mass is 32.2. The van der Waals surface area contributed by atoms with E-state index in [2.05, 4.69) is 10.2 Å². The highest BCUT2D eigenvalue weighted by molar-refractivity contribution is 7.89. The molecule has 7 nitrogen and oxygen atoms in total. The van der Waals surface area contributed by atoms with Gasteiger partial charge in [0, 0.05) is 31.8 Å². The molecule has 1 aliphatic carbocycles. The standard InChI is InChI=1S/C16H27N3O4S.C2H6/c1-3-24(21,22)18-12-6-4-5-11(9-12)14-10-19(2)16(20)15-13(14)7-8-17-23-15;1-2/h10-13,15,17-18H,3-9H2,1-2H3;1-2H3. The molecule has 0 spiro atoms. The first-order valence-corrected chi connectivity index (χ1v) is 11.4. The van der Waals surface area contributed by atoms with E-state index in [9.17, 15) is 13.2 Å². The Morgan fingerprint density at radius 2 is 2.04 bits per heavy atom. The molecule has 1 amide bonds. The lowest BCUT2D eigenvalue weighted by Crippen LogP contribution is -2.52. The number of hydrogen-bond donors (Lipinski definition) is 2. The van der Waals surface area contributed by atoms with Gasteiger partial charge >= 0.3 is 0 Å². The molecule has 0 radical (unpaired) electrons. The second kappa shape index (κ2) is 9.30. The third kappa shape index (κ3) is 4.85. The van der Waals surface area contributed by atoms with Crippen LogP contribution in [-0.2, 0) is 19.7 Å². The number of likely N-dealkylation sites (N-methyl/N-ethyl adjacent to an activating group) is 1. The van der Waals surface area contributed by atoms with Gasteiger partial charge in [0.2, 0.25) is 10.0 Å². The number of hydrogen-bond acceptors (Lipinski definition) is 5. The molecule has 26 heavy (non-hydrogen) atoms. The van der Waals surface area contributed by atoms with E-state index in [0.29, 0.717) is 5.92 Å². The zero-order chi connectivity index (χ0) is 19.3. The molecule has 2 fully saturated rings. The lowest BCUT2D eigenvalue weighted by molar-refractivity contribution is -0.158. The lowest BCUT2D eigenvalue weighted by atomic mass is 9.73. The van der Waals surface area contributed by atoms with Crippen molar-refractivity contribution in [1.82, 2.24) is 15.1 Å². The van der Waals surface area contributed by atoms with Crippen LogP contribution < -0.4 is 10.2 Å². The largest absolute Gasteiger partial charge is 0.320 e. The van der Waals surface area contributed by atoms with Crippen molar-refractivity contribution in [2.75, 3.05) is 19.3 Å². The summed E-state index contributed by atoms with van der Waals surface area (Å²) in [7, 11) is -1.42. The maximum Gasteiger partial charge on any atom is 0.258 e. The molecule has 2 heterocycles. The Kier molecular flexibility index (Phi) is 7.63. The van der Waals surface area contributed by atoms with Crippen molar-refractivity contribution < 1.29 is 18.0 Å². The van der Waals surface area contributed by atoms with Crippen molar-refractivity contribution in [3.63, 3.8) is 0 Å². The Balaban J connectivity index is 0.00000117. The zero-order valence-corrected chi connectivity index (χ0v) is 17.1. The molecule has 0 aromatic rings. The maximum atomic E-state index is 12.3. The van der Waals surface area contributed by atoms with Gasteiger partial charge in [-0.05, 0) is 44.1 Å². The third-order valence-electron chi connectivity index (χ3n) is 5.37. The minimum Gasteiger partial charge on any atom is -0.320 e. The summed E-state index contributed by atoms with van der Waals surface area (Å²) in [6, 6.07) is -0.0152. The monoisotopic (exact) mass is 387 g/mol. The molecule has 0 aromatic carbocycles. The smallest absolute Gasteiger partial charge is 0.258 e. The van der Waals surface area contributed by atoms with Gasteiger partial charge in [-0.1, -0.05) is 20.3 Å². The van der Waals surface area contributed by atoms with Gasteiger partial charge < -0.3 is 4.90 Å². The van der Waals surface area contributed by atoms with Gasteiger partial charge in [-0.2, -0.15) is 0 Å². The first-order valence-electron chi connectivity index (χ1n) is 9.78. The SMILES string of the molecule is CC.CCS(=O)(=O)NC1CCCC(C2=CN(C)C(=O)C3ONCCC23)C1. The Bertz CT molecular complexity index is 620. The normalized spacial score (nSPS) is 32.2. The number of fused-ring (bicyclic) bond motifs is 1. The number of hydroxylamine groups is 1. The number of nitrogens with one attached hydrogen (secondary N) is 2. The van der Waals surface area contributed by atoms with Crippen LogP contribution in [-0.4, -0.2) is 50.7 Å². The molecular weight excluding hydrogens is 354 g/mol. The van der Waals surface area contributed by atoms with Crippen molar-refractivity contribution in [2.24, 2.45) is 11.8 Å². The van der Waals surface area contributed by atoms with Crippen molar-refractivity contribution in [1.29, 1.82) is 0 Å². The van der Waals surface area contributed by atoms with Crippen LogP contribution in [0.1, 0.15) is 52.9 Å². The molecule has 3 aliphatic rings. The fraction of sp³-hybridized carbons (Fsp3) is 0.833. The molecule has 1 saturated heterocycles. The first kappa shape index (κ1) is 21.3. The Morgan fingerprint density at radius 1 is 1.31 bits per heavy atom. The summed E-state index contributed by atoms with van der Waals surface area (Å²) in [5.41, 5.74) is 4.08. The Labute approximate surface area is 157 Å². The van der Waals surface area contributed by atoms with Crippen LogP contribution >= 0.6 is 0 Å². The van der Waals surface area contributed by atoms with E-state index in [1.54, 1.807) is 18.9 Å². The van der Waals surface area contributed by atoms with E-state index in [-0.39, 0.29) is 23.6 Å². The van der Waals surface area contributed by atoms with Crippen molar-refractivity contribution in [3.05, 3.63) is 11.8 Å². The van der Waals surface area contributed by atoms with Gasteiger partial charge in [0.05, 0.1) is 5.75 Å². The van der Waals surface area contributed by atoms with E-state index < -0.39 is 16.1 Å². The fourth-order valence-electron chi connectivity index (χ4n) is 4.09. The molecule has 2 aliphatic heterocycles. The zero-order valence-electron chi connectivity index (χ0n) is 16.3. The van der Waals surface area contributed by atoms with E-state index in [4.69, 9.17) is 4.84 Å². The number of nitrogens with zero attached hydrogens (tertiary/aromatic N) is 1. The van der Waals surface area contributed by atoms with E-state index in [0.717, 1.165) is 38.6 Å². The van der Waals surface area contributed by atoms with Crippen molar-refractivity contribution in [2.45, 2.75) is 65.0 Å². The van der Waals surface area contributed by atoms with Crippen LogP contribution in [0.15, 0.2) is 11.8 Å². The molecule has 4 unspecified atom stereocenters. The van der Waals surface area contributed by atoms with Crippen LogP contribution in [0, 0.1) is 11.8 Å². The molecule has 1 saturated carbocycles. The van der Waals surface area contributed by atoms with Crippen molar-refractivity contribution >= 4 is 15.9 Å². The summed E-state index contributed by atoms with van der Waals surface area (Å²) in [5.74, 6) is 0.489. The minimum absolute atomic E-state index is 0.0152. The summed E-state index contributed by atoms with van der Waals surface area (Å²) in [6.07, 6.45) is 6.07. The van der Waals surface area contributed by atoms with Gasteiger partial charge in [-0.3, -0.25) is 9.63 Å². The van der Waals surface area contributed by atoms with Gasteiger partial charge in [0.25, 0.3) is 5.91 Å². The molecule has 0 bridgehead atoms. The van der Waals surface area contributed by atoms with E-state index >= 15 is 0 Å². The lowest BCUT2D eigenvalue weighted by Gasteiger charge is -2.42. The molecule has 0 aromatic heterocycles. The number of sulfonamides is 1. The average molecular weight is 388 g/mol. The molecule has 3 rings (SSSR count). The summed E-state index contributed by atoms with van der Waals surface area (Å²) >= 11 is 0.